The van der Waals surface area contributed by atoms with E-state index in [1.54, 1.807) is 48.5 Å². The molecule has 156 valence electrons. The molecule has 2 aromatic rings. The van der Waals surface area contributed by atoms with E-state index in [9.17, 15) is 13.2 Å². The molecule has 0 heterocycles. The fraction of sp³-hybridized carbons (Fsp3) is 0.409. The Bertz CT molecular complexity index is 908. The van der Waals surface area contributed by atoms with Crippen molar-refractivity contribution >= 4 is 27.3 Å². The molecule has 1 amide bonds. The van der Waals surface area contributed by atoms with Gasteiger partial charge in [-0.1, -0.05) is 49.9 Å². The van der Waals surface area contributed by atoms with Gasteiger partial charge in [0.05, 0.1) is 17.1 Å². The first-order valence-corrected chi connectivity index (χ1v) is 11.6. The van der Waals surface area contributed by atoms with Gasteiger partial charge in [-0.2, -0.15) is 0 Å². The van der Waals surface area contributed by atoms with E-state index in [1.165, 1.54) is 24.2 Å². The number of para-hydroxylation sites is 1. The van der Waals surface area contributed by atoms with Gasteiger partial charge in [0.2, 0.25) is 5.91 Å². The van der Waals surface area contributed by atoms with Crippen LogP contribution in [0.2, 0.25) is 0 Å². The van der Waals surface area contributed by atoms with E-state index in [-0.39, 0.29) is 23.4 Å². The predicted molar refractivity (Wildman–Crippen MR) is 117 cm³/mol. The summed E-state index contributed by atoms with van der Waals surface area (Å²) in [5.41, 5.74) is 1.19. The number of rotatable bonds is 7. The Morgan fingerprint density at radius 3 is 2.38 bits per heavy atom. The normalized spacial score (nSPS) is 15.3. The molecule has 0 atom stereocenters. The minimum Gasteiger partial charge on any atom is -0.376 e. The zero-order valence-electron chi connectivity index (χ0n) is 16.8. The highest BCUT2D eigenvalue weighted by Gasteiger charge is 2.21. The van der Waals surface area contributed by atoms with E-state index in [4.69, 9.17) is 0 Å². The number of carbonyl (C=O) groups excluding carboxylic acids is 1. The molecular weight excluding hydrogens is 386 g/mol. The lowest BCUT2D eigenvalue weighted by Crippen LogP contribution is -2.38. The van der Waals surface area contributed by atoms with Crippen LogP contribution in [0.25, 0.3) is 0 Å². The first-order chi connectivity index (χ1) is 14.0. The van der Waals surface area contributed by atoms with Crippen LogP contribution in [0.1, 0.15) is 38.5 Å². The van der Waals surface area contributed by atoms with Crippen LogP contribution in [0.5, 0.6) is 0 Å². The molecule has 0 aliphatic heterocycles. The zero-order valence-corrected chi connectivity index (χ0v) is 17.6. The third-order valence-corrected chi connectivity index (χ3v) is 7.07. The maximum absolute atomic E-state index is 12.9. The number of hydrogen-bond acceptors (Lipinski definition) is 4. The van der Waals surface area contributed by atoms with Crippen LogP contribution in [-0.2, 0) is 14.8 Å². The van der Waals surface area contributed by atoms with Crippen LogP contribution in [0.15, 0.2) is 59.5 Å². The third kappa shape index (κ3) is 5.73. The molecule has 1 aliphatic carbocycles. The van der Waals surface area contributed by atoms with Crippen LogP contribution in [0.3, 0.4) is 0 Å². The van der Waals surface area contributed by atoms with Gasteiger partial charge in [0.25, 0.3) is 10.0 Å². The van der Waals surface area contributed by atoms with E-state index in [0.717, 1.165) is 25.7 Å². The summed E-state index contributed by atoms with van der Waals surface area (Å²) in [5, 5.41) is 6.13. The van der Waals surface area contributed by atoms with Crippen LogP contribution in [-0.4, -0.2) is 34.0 Å². The molecule has 2 N–H and O–H groups in total. The molecule has 6 nitrogen and oxygen atoms in total. The number of anilines is 2. The minimum absolute atomic E-state index is 0.0634. The lowest BCUT2D eigenvalue weighted by Gasteiger charge is -2.20. The first kappa shape index (κ1) is 21.2. The molecule has 1 aliphatic rings. The highest BCUT2D eigenvalue weighted by Crippen LogP contribution is 2.23. The monoisotopic (exact) mass is 415 g/mol. The molecule has 0 unspecified atom stereocenters. The number of nitrogens with zero attached hydrogens (tertiary/aromatic N) is 1. The summed E-state index contributed by atoms with van der Waals surface area (Å²) in [6.45, 7) is 0.120. The fourth-order valence-corrected chi connectivity index (χ4v) is 4.83. The average molecular weight is 416 g/mol. The molecule has 0 radical (unpaired) electrons. The standard InChI is InChI=1S/C22H29N3O3S/c1-25(20-13-7-4-8-14-20)29(27,28)21-15-9-12-19(16-21)23-17-22(26)24-18-10-5-2-3-6-11-18/h4,7-9,12-16,18,23H,2-3,5-6,10-11,17H2,1H3,(H,24,26). The quantitative estimate of drug-likeness (QED) is 0.675. The summed E-state index contributed by atoms with van der Waals surface area (Å²) >= 11 is 0. The zero-order chi connectivity index (χ0) is 20.7. The largest absolute Gasteiger partial charge is 0.376 e. The number of amides is 1. The highest BCUT2D eigenvalue weighted by molar-refractivity contribution is 7.92. The van der Waals surface area contributed by atoms with Crippen molar-refractivity contribution in [2.45, 2.75) is 49.5 Å². The Kier molecular flexibility index (Phi) is 7.14. The Balaban J connectivity index is 1.62. The van der Waals surface area contributed by atoms with Crippen LogP contribution >= 0.6 is 0 Å². The van der Waals surface area contributed by atoms with Crippen molar-refractivity contribution in [1.29, 1.82) is 0 Å². The Hall–Kier alpha value is -2.54. The molecule has 1 saturated carbocycles. The van der Waals surface area contributed by atoms with E-state index >= 15 is 0 Å². The van der Waals surface area contributed by atoms with Gasteiger partial charge in [0.1, 0.15) is 0 Å². The Labute approximate surface area is 173 Å². The molecule has 0 spiro atoms. The summed E-state index contributed by atoms with van der Waals surface area (Å²) in [6.07, 6.45) is 6.86. The van der Waals surface area contributed by atoms with Gasteiger partial charge in [0.15, 0.2) is 0 Å². The molecule has 7 heteroatoms. The second-order valence-corrected chi connectivity index (χ2v) is 9.41. The summed E-state index contributed by atoms with van der Waals surface area (Å²) in [6, 6.07) is 15.7. The SMILES string of the molecule is CN(c1ccccc1)S(=O)(=O)c1cccc(NCC(=O)NC2CCCCCC2)c1. The van der Waals surface area contributed by atoms with E-state index in [0.29, 0.717) is 11.4 Å². The fourth-order valence-electron chi connectivity index (χ4n) is 3.59. The van der Waals surface area contributed by atoms with Crippen molar-refractivity contribution in [3.63, 3.8) is 0 Å². The molecule has 29 heavy (non-hydrogen) atoms. The van der Waals surface area contributed by atoms with Gasteiger partial charge >= 0.3 is 0 Å². The van der Waals surface area contributed by atoms with Crippen LogP contribution in [0, 0.1) is 0 Å². The van der Waals surface area contributed by atoms with Gasteiger partial charge in [-0.15, -0.1) is 0 Å². The van der Waals surface area contributed by atoms with E-state index in [2.05, 4.69) is 10.6 Å². The summed E-state index contributed by atoms with van der Waals surface area (Å²) in [5.74, 6) is -0.0634. The Morgan fingerprint density at radius 1 is 1.00 bits per heavy atom. The molecule has 0 saturated heterocycles. The summed E-state index contributed by atoms with van der Waals surface area (Å²) in [7, 11) is -2.15. The van der Waals surface area contributed by atoms with Crippen LogP contribution in [0.4, 0.5) is 11.4 Å². The molecule has 1 fully saturated rings. The highest BCUT2D eigenvalue weighted by atomic mass is 32.2. The number of hydrogen-bond donors (Lipinski definition) is 2. The van der Waals surface area contributed by atoms with Crippen molar-refractivity contribution in [2.24, 2.45) is 0 Å². The minimum atomic E-state index is -3.69. The number of benzene rings is 2. The molecular formula is C22H29N3O3S. The lowest BCUT2D eigenvalue weighted by atomic mass is 10.1. The number of carbonyl (C=O) groups is 1. The number of nitrogens with one attached hydrogen (secondary N) is 2. The van der Waals surface area contributed by atoms with Crippen molar-refractivity contribution in [1.82, 2.24) is 5.32 Å². The average Bonchev–Trinajstić information content (AvgIpc) is 3.01. The van der Waals surface area contributed by atoms with Gasteiger partial charge in [-0.25, -0.2) is 8.42 Å². The smallest absolute Gasteiger partial charge is 0.264 e. The van der Waals surface area contributed by atoms with E-state index in [1.807, 2.05) is 6.07 Å². The predicted octanol–water partition coefficient (Wildman–Crippen LogP) is 3.76. The second-order valence-electron chi connectivity index (χ2n) is 7.45. The summed E-state index contributed by atoms with van der Waals surface area (Å²) in [4.78, 5) is 12.5. The molecule has 0 bridgehead atoms. The number of sulfonamides is 1. The van der Waals surface area contributed by atoms with E-state index < -0.39 is 10.0 Å². The lowest BCUT2D eigenvalue weighted by molar-refractivity contribution is -0.120. The molecule has 3 rings (SSSR count). The van der Waals surface area contributed by atoms with Crippen molar-refractivity contribution in [3.05, 3.63) is 54.6 Å². The topological polar surface area (TPSA) is 78.5 Å². The van der Waals surface area contributed by atoms with Crippen LogP contribution < -0.4 is 14.9 Å². The maximum atomic E-state index is 12.9. The molecule has 0 aromatic heterocycles. The summed E-state index contributed by atoms with van der Waals surface area (Å²) < 4.78 is 27.1. The maximum Gasteiger partial charge on any atom is 0.264 e. The van der Waals surface area contributed by atoms with Crippen molar-refractivity contribution in [3.8, 4) is 0 Å². The van der Waals surface area contributed by atoms with Gasteiger partial charge in [-0.05, 0) is 43.2 Å². The molecule has 2 aromatic carbocycles. The van der Waals surface area contributed by atoms with Crippen molar-refractivity contribution in [2.75, 3.05) is 23.2 Å². The van der Waals surface area contributed by atoms with Crippen molar-refractivity contribution < 1.29 is 13.2 Å². The first-order valence-electron chi connectivity index (χ1n) is 10.1. The van der Waals surface area contributed by atoms with Gasteiger partial charge < -0.3 is 10.6 Å². The van der Waals surface area contributed by atoms with Gasteiger partial charge in [-0.3, -0.25) is 9.10 Å². The Morgan fingerprint density at radius 2 is 1.69 bits per heavy atom. The second kappa shape index (κ2) is 9.78. The third-order valence-electron chi connectivity index (χ3n) is 5.29. The van der Waals surface area contributed by atoms with Gasteiger partial charge in [0, 0.05) is 18.8 Å².